The molecule has 0 fully saturated rings. The van der Waals surface area contributed by atoms with Gasteiger partial charge in [0.05, 0.1) is 34.0 Å². The highest BCUT2D eigenvalue weighted by Gasteiger charge is 2.40. The van der Waals surface area contributed by atoms with Gasteiger partial charge in [-0.3, -0.25) is 0 Å². The first-order chi connectivity index (χ1) is 56.1. The van der Waals surface area contributed by atoms with Crippen LogP contribution in [0, 0.1) is 41.5 Å². The van der Waals surface area contributed by atoms with E-state index >= 15 is 0 Å². The fourth-order valence-electron chi connectivity index (χ4n) is 16.6. The lowest BCUT2D eigenvalue weighted by molar-refractivity contribution is 0.726. The summed E-state index contributed by atoms with van der Waals surface area (Å²) in [4.78, 5) is 59.1. The zero-order valence-corrected chi connectivity index (χ0v) is 69.9. The van der Waals surface area contributed by atoms with Gasteiger partial charge in [-0.05, 0) is 212 Å². The fraction of sp³-hybridized carbons (Fsp3) is 0.247. The minimum atomic E-state index is 0.225. The summed E-state index contributed by atoms with van der Waals surface area (Å²) in [5.74, 6) is 6.88. The maximum Gasteiger partial charge on any atom is 0.178 e. The highest BCUT2D eigenvalue weighted by Crippen LogP contribution is 2.50. The lowest BCUT2D eigenvalue weighted by Gasteiger charge is -2.29. The van der Waals surface area contributed by atoms with Crippen LogP contribution < -0.4 is 58.8 Å². The number of para-hydroxylation sites is 7. The molecule has 0 radical (unpaired) electrons. The molecule has 6 aliphatic heterocycles. The number of aryl methyl sites for hydroxylation is 6. The Bertz CT molecular complexity index is 5290. The Labute approximate surface area is 684 Å². The summed E-state index contributed by atoms with van der Waals surface area (Å²) in [5.41, 5.74) is 22.2. The molecule has 19 heteroatoms. The van der Waals surface area contributed by atoms with Crippen molar-refractivity contribution in [2.45, 2.75) is 120 Å². The molecule has 116 heavy (non-hydrogen) atoms. The van der Waals surface area contributed by atoms with Crippen LogP contribution >= 0.6 is 0 Å². The predicted molar refractivity (Wildman–Crippen MR) is 485 cm³/mol. The van der Waals surface area contributed by atoms with Crippen molar-refractivity contribution in [1.82, 2.24) is 34.9 Å². The van der Waals surface area contributed by atoms with Gasteiger partial charge in [0.1, 0.15) is 37.0 Å². The Morgan fingerprint density at radius 1 is 0.198 bits per heavy atom. The smallest absolute Gasteiger partial charge is 0.178 e. The van der Waals surface area contributed by atoms with Gasteiger partial charge < -0.3 is 58.8 Å². The van der Waals surface area contributed by atoms with Crippen LogP contribution in [0.25, 0.3) is 21.7 Å². The molecule has 5 unspecified atom stereocenters. The van der Waals surface area contributed by atoms with E-state index in [1.54, 1.807) is 24.8 Å². The average Bonchev–Trinajstić information content (AvgIpc) is 1.58. The molecule has 0 saturated heterocycles. The first-order valence-corrected chi connectivity index (χ1v) is 40.0. The molecule has 0 saturated carbocycles. The molecule has 9 aromatic carbocycles. The van der Waals surface area contributed by atoms with E-state index in [-0.39, 0.29) is 30.8 Å². The number of fused-ring (bicyclic) bond motifs is 8. The first-order valence-electron chi connectivity index (χ1n) is 40.0. The Kier molecular flexibility index (Phi) is 22.2. The van der Waals surface area contributed by atoms with Gasteiger partial charge in [-0.1, -0.05) is 152 Å². The van der Waals surface area contributed by atoms with Crippen molar-refractivity contribution in [1.29, 1.82) is 0 Å². The summed E-state index contributed by atoms with van der Waals surface area (Å²) in [6.45, 7) is 26.1. The monoisotopic (exact) mass is 1540 g/mol. The number of nitrogens with zero attached hydrogens (tertiary/aromatic N) is 19. The van der Waals surface area contributed by atoms with Crippen LogP contribution in [0.4, 0.5) is 103 Å². The van der Waals surface area contributed by atoms with Crippen LogP contribution in [0.1, 0.15) is 74.9 Å². The van der Waals surface area contributed by atoms with E-state index in [9.17, 15) is 0 Å². The maximum atomic E-state index is 4.94. The summed E-state index contributed by atoms with van der Waals surface area (Å²) >= 11 is 0. The molecule has 588 valence electrons. The van der Waals surface area contributed by atoms with Gasteiger partial charge >= 0.3 is 0 Å². The molecular formula is C97H105N19. The SMILES string of the molecule is Cc1ccccc1N1c2cc3ccccc3cc2N(C)C1C.Cc1ccccc1N1c2cccnc2N(C)C1C.Cc1ccccc1N1c2nc3ccccc3cc2N(C)C1C.Cc1ccccc1N1c2ncccc2N(C)[C@@H]1C.Cc1ccccc1N1c2nccnc2N(C)C1C.Cc1ccccc1N1c2nccnc2N(C)C1C. The van der Waals surface area contributed by atoms with Crippen molar-refractivity contribution < 1.29 is 0 Å². The number of aromatic nitrogens is 7. The second-order valence-corrected chi connectivity index (χ2v) is 30.7. The second kappa shape index (κ2) is 33.0. The van der Waals surface area contributed by atoms with E-state index in [2.05, 4.69) is 432 Å². The van der Waals surface area contributed by atoms with Gasteiger partial charge in [0, 0.05) is 119 Å². The Hall–Kier alpha value is -13.3. The number of hydrogen-bond donors (Lipinski definition) is 0. The number of anilines is 18. The molecule has 0 bridgehead atoms. The molecule has 11 heterocycles. The third-order valence-corrected chi connectivity index (χ3v) is 23.8. The van der Waals surface area contributed by atoms with Gasteiger partial charge in [-0.25, -0.2) is 34.9 Å². The third kappa shape index (κ3) is 14.5. The van der Waals surface area contributed by atoms with Gasteiger partial charge in [-0.15, -0.1) is 0 Å². The Morgan fingerprint density at radius 3 is 0.905 bits per heavy atom. The molecule has 5 aromatic heterocycles. The van der Waals surface area contributed by atoms with Crippen molar-refractivity contribution in [3.8, 4) is 0 Å². The highest BCUT2D eigenvalue weighted by atomic mass is 15.5. The van der Waals surface area contributed by atoms with Crippen LogP contribution in [0.15, 0.2) is 274 Å². The van der Waals surface area contributed by atoms with Crippen LogP contribution in [0.3, 0.4) is 0 Å². The molecule has 0 spiro atoms. The standard InChI is InChI=1S/C20H20N2.C19H19N3.2C15H17N3.2C14H16N4/c1-14-8-4-7-11-18(14)22-15(2)21(3)19-12-16-9-5-6-10-17(16)13-20(19)22;1-13-8-4-7-11-17(13)22-14(2)21(3)18-12-15-9-5-6-10-16(15)20-19(18)22;1-11-7-4-5-8-13(11)18-12(2)17(3)15-14(18)9-6-10-16-15;1-11-7-4-5-8-13(11)18-12(2)17(3)14-9-6-10-16-15(14)18;2*1-10-6-4-5-7-12(10)18-11(2)17(3)13-14(18)16-9-8-15-13/h4-13,15H,1-3H3;4-12,14H,1-3H3;2*4-10,12H,1-3H3;2*4-9,11H,1-3H3/t;;;12-;;/m...0../s1. The summed E-state index contributed by atoms with van der Waals surface area (Å²) < 4.78 is 0. The van der Waals surface area contributed by atoms with E-state index in [1.807, 2.05) is 30.6 Å². The third-order valence-electron chi connectivity index (χ3n) is 23.8. The van der Waals surface area contributed by atoms with Crippen molar-refractivity contribution in [2.24, 2.45) is 0 Å². The zero-order chi connectivity index (χ0) is 81.3. The minimum absolute atomic E-state index is 0.225. The summed E-state index contributed by atoms with van der Waals surface area (Å²) in [6.07, 6.45) is 12.3. The van der Waals surface area contributed by atoms with Crippen LogP contribution in [0.2, 0.25) is 0 Å². The van der Waals surface area contributed by atoms with Gasteiger partial charge in [-0.2, -0.15) is 0 Å². The first kappa shape index (κ1) is 78.0. The molecule has 6 atom stereocenters. The van der Waals surface area contributed by atoms with E-state index in [1.165, 1.54) is 112 Å². The second-order valence-electron chi connectivity index (χ2n) is 30.7. The Balaban J connectivity index is 0.000000110. The largest absolute Gasteiger partial charge is 0.352 e. The average molecular weight is 1540 g/mol. The number of benzene rings is 9. The van der Waals surface area contributed by atoms with Crippen molar-refractivity contribution in [3.63, 3.8) is 0 Å². The summed E-state index contributed by atoms with van der Waals surface area (Å²) in [5, 5.41) is 3.78. The highest BCUT2D eigenvalue weighted by molar-refractivity contribution is 5.97. The molecule has 6 aliphatic rings. The lowest BCUT2D eigenvalue weighted by Crippen LogP contribution is -2.36. The summed E-state index contributed by atoms with van der Waals surface area (Å²) in [7, 11) is 12.6. The van der Waals surface area contributed by atoms with E-state index < -0.39 is 0 Å². The van der Waals surface area contributed by atoms with Crippen molar-refractivity contribution in [2.75, 3.05) is 101 Å². The van der Waals surface area contributed by atoms with Crippen molar-refractivity contribution >= 4 is 125 Å². The predicted octanol–water partition coefficient (Wildman–Crippen LogP) is 21.6. The van der Waals surface area contributed by atoms with Gasteiger partial charge in [0.2, 0.25) is 0 Å². The number of hydrogen-bond acceptors (Lipinski definition) is 19. The van der Waals surface area contributed by atoms with E-state index in [4.69, 9.17) is 4.98 Å². The lowest BCUT2D eigenvalue weighted by atomic mass is 10.1. The topological polar surface area (TPSA) is 129 Å². The molecule has 19 nitrogen and oxygen atoms in total. The fourth-order valence-corrected chi connectivity index (χ4v) is 16.6. The number of pyridine rings is 3. The van der Waals surface area contributed by atoms with Crippen LogP contribution in [-0.4, -0.2) is 114 Å². The van der Waals surface area contributed by atoms with Crippen LogP contribution in [0.5, 0.6) is 0 Å². The quantitative estimate of drug-likeness (QED) is 0.156. The minimum Gasteiger partial charge on any atom is -0.352 e. The summed E-state index contributed by atoms with van der Waals surface area (Å²) in [6, 6.07) is 82.8. The molecule has 0 amide bonds. The van der Waals surface area contributed by atoms with Crippen molar-refractivity contribution in [3.05, 3.63) is 307 Å². The Morgan fingerprint density at radius 2 is 0.466 bits per heavy atom. The van der Waals surface area contributed by atoms with E-state index in [0.29, 0.717) is 6.17 Å². The molecule has 0 aliphatic carbocycles. The normalized spacial score (nSPS) is 17.7. The molecular weight excluding hydrogens is 1430 g/mol. The van der Waals surface area contributed by atoms with Crippen LogP contribution in [-0.2, 0) is 0 Å². The van der Waals surface area contributed by atoms with Gasteiger partial charge in [0.15, 0.2) is 40.7 Å². The van der Waals surface area contributed by atoms with Gasteiger partial charge in [0.25, 0.3) is 0 Å². The molecule has 14 aromatic rings. The molecule has 20 rings (SSSR count). The molecule has 0 N–H and O–H groups in total. The maximum absolute atomic E-state index is 4.94. The number of rotatable bonds is 6. The van der Waals surface area contributed by atoms with E-state index in [0.717, 1.165) is 46.2 Å². The zero-order valence-electron chi connectivity index (χ0n) is 69.9.